The molecule has 1 rings (SSSR count). The molecule has 1 atom stereocenters. The summed E-state index contributed by atoms with van der Waals surface area (Å²) in [5.41, 5.74) is 0. The van der Waals surface area contributed by atoms with Crippen LogP contribution in [0.4, 0.5) is 4.79 Å². The summed E-state index contributed by atoms with van der Waals surface area (Å²) < 4.78 is 0. The molecule has 0 bridgehead atoms. The highest BCUT2D eigenvalue weighted by Gasteiger charge is 2.27. The van der Waals surface area contributed by atoms with E-state index in [-0.39, 0.29) is 24.7 Å². The summed E-state index contributed by atoms with van der Waals surface area (Å²) in [5.74, 6) is -0.0773. The molecule has 1 unspecified atom stereocenters. The number of carbonyl (C=O) groups excluding carboxylic acids is 1. The molecule has 1 fully saturated rings. The van der Waals surface area contributed by atoms with Gasteiger partial charge < -0.3 is 15.3 Å². The average Bonchev–Trinajstić information content (AvgIpc) is 2.52. The Morgan fingerprint density at radius 3 is 2.33 bits per heavy atom. The molecule has 2 N–H and O–H groups in total. The van der Waals surface area contributed by atoms with E-state index in [0.29, 0.717) is 19.0 Å². The van der Waals surface area contributed by atoms with Gasteiger partial charge in [-0.2, -0.15) is 0 Å². The van der Waals surface area contributed by atoms with Gasteiger partial charge in [-0.25, -0.2) is 4.79 Å². The van der Waals surface area contributed by atoms with Crippen LogP contribution in [-0.4, -0.2) is 65.2 Å². The Balaban J connectivity index is 2.33. The molecule has 6 nitrogen and oxygen atoms in total. The fourth-order valence-corrected chi connectivity index (χ4v) is 3.31. The van der Waals surface area contributed by atoms with Crippen molar-refractivity contribution in [2.75, 3.05) is 26.2 Å². The molecule has 2 amide bonds. The molecule has 0 aliphatic carbocycles. The number of urea groups is 1. The Morgan fingerprint density at radius 1 is 1.21 bits per heavy atom. The van der Waals surface area contributed by atoms with E-state index in [4.69, 9.17) is 5.11 Å². The van der Waals surface area contributed by atoms with Crippen molar-refractivity contribution in [2.24, 2.45) is 5.92 Å². The Labute approximate surface area is 146 Å². The van der Waals surface area contributed by atoms with Gasteiger partial charge in [0.2, 0.25) is 0 Å². The second kappa shape index (κ2) is 10.5. The van der Waals surface area contributed by atoms with Gasteiger partial charge in [-0.1, -0.05) is 33.6 Å². The number of likely N-dealkylation sites (tertiary alicyclic amines) is 1. The number of piperidine rings is 1. The topological polar surface area (TPSA) is 72.9 Å². The lowest BCUT2D eigenvalue weighted by molar-refractivity contribution is -0.139. The van der Waals surface area contributed by atoms with Gasteiger partial charge >= 0.3 is 12.0 Å². The minimum Gasteiger partial charge on any atom is -0.480 e. The van der Waals surface area contributed by atoms with Gasteiger partial charge in [0.1, 0.15) is 0 Å². The zero-order chi connectivity index (χ0) is 18.1. The summed E-state index contributed by atoms with van der Waals surface area (Å²) >= 11 is 0. The van der Waals surface area contributed by atoms with Crippen LogP contribution < -0.4 is 5.32 Å². The standard InChI is InChI=1S/C18H35N3O3/c1-5-20(13-17(22)23)16-9-11-21(12-10-16)18(24)19-15(4)8-6-7-14(2)3/h14-16H,5-13H2,1-4H3,(H,19,24)(H,22,23). The zero-order valence-electron chi connectivity index (χ0n) is 15.8. The van der Waals surface area contributed by atoms with Gasteiger partial charge in [0.15, 0.2) is 0 Å². The molecule has 140 valence electrons. The largest absolute Gasteiger partial charge is 0.480 e. The maximum atomic E-state index is 12.3. The van der Waals surface area contributed by atoms with E-state index >= 15 is 0 Å². The number of nitrogens with one attached hydrogen (secondary N) is 1. The first kappa shape index (κ1) is 20.7. The number of amides is 2. The van der Waals surface area contributed by atoms with Crippen molar-refractivity contribution < 1.29 is 14.7 Å². The SMILES string of the molecule is CCN(CC(=O)O)C1CCN(C(=O)NC(C)CCCC(C)C)CC1. The number of nitrogens with zero attached hydrogens (tertiary/aromatic N) is 2. The fraction of sp³-hybridized carbons (Fsp3) is 0.889. The van der Waals surface area contributed by atoms with Gasteiger partial charge in [0, 0.05) is 25.2 Å². The Bertz CT molecular complexity index is 393. The van der Waals surface area contributed by atoms with Crippen LogP contribution in [0.15, 0.2) is 0 Å². The first-order valence-electron chi connectivity index (χ1n) is 9.34. The number of rotatable bonds is 9. The number of carboxylic acid groups (broad SMARTS) is 1. The maximum Gasteiger partial charge on any atom is 0.317 e. The van der Waals surface area contributed by atoms with Crippen LogP contribution in [0.3, 0.4) is 0 Å². The molecule has 0 radical (unpaired) electrons. The molecule has 1 aliphatic heterocycles. The zero-order valence-corrected chi connectivity index (χ0v) is 15.8. The first-order chi connectivity index (χ1) is 11.3. The summed E-state index contributed by atoms with van der Waals surface area (Å²) in [6, 6.07) is 0.485. The minimum absolute atomic E-state index is 0.0202. The van der Waals surface area contributed by atoms with E-state index in [0.717, 1.165) is 32.2 Å². The highest BCUT2D eigenvalue weighted by atomic mass is 16.4. The minimum atomic E-state index is -0.785. The van der Waals surface area contributed by atoms with Crippen molar-refractivity contribution in [1.82, 2.24) is 15.1 Å². The predicted molar refractivity (Wildman–Crippen MR) is 96.2 cm³/mol. The van der Waals surface area contributed by atoms with Crippen LogP contribution in [0, 0.1) is 5.92 Å². The van der Waals surface area contributed by atoms with Gasteiger partial charge in [0.25, 0.3) is 0 Å². The van der Waals surface area contributed by atoms with Crippen LogP contribution in [0.2, 0.25) is 0 Å². The van der Waals surface area contributed by atoms with Crippen molar-refractivity contribution >= 4 is 12.0 Å². The first-order valence-corrected chi connectivity index (χ1v) is 9.34. The second-order valence-corrected chi connectivity index (χ2v) is 7.35. The highest BCUT2D eigenvalue weighted by molar-refractivity contribution is 5.74. The molecular formula is C18H35N3O3. The molecule has 24 heavy (non-hydrogen) atoms. The van der Waals surface area contributed by atoms with Gasteiger partial charge in [-0.15, -0.1) is 0 Å². The van der Waals surface area contributed by atoms with Crippen molar-refractivity contribution in [3.05, 3.63) is 0 Å². The molecular weight excluding hydrogens is 306 g/mol. The molecule has 6 heteroatoms. The normalized spacial score (nSPS) is 17.3. The average molecular weight is 341 g/mol. The number of likely N-dealkylation sites (N-methyl/N-ethyl adjacent to an activating group) is 1. The van der Waals surface area contributed by atoms with Crippen LogP contribution in [-0.2, 0) is 4.79 Å². The van der Waals surface area contributed by atoms with Crippen molar-refractivity contribution in [3.63, 3.8) is 0 Å². The molecule has 1 heterocycles. The van der Waals surface area contributed by atoms with E-state index in [2.05, 4.69) is 26.1 Å². The molecule has 0 aromatic carbocycles. The van der Waals surface area contributed by atoms with E-state index in [1.807, 2.05) is 16.7 Å². The molecule has 0 spiro atoms. The second-order valence-electron chi connectivity index (χ2n) is 7.35. The van der Waals surface area contributed by atoms with Crippen molar-refractivity contribution in [1.29, 1.82) is 0 Å². The molecule has 0 saturated carbocycles. The Morgan fingerprint density at radius 2 is 1.83 bits per heavy atom. The third kappa shape index (κ3) is 7.51. The molecule has 1 saturated heterocycles. The third-order valence-corrected chi connectivity index (χ3v) is 4.80. The van der Waals surface area contributed by atoms with E-state index < -0.39 is 5.97 Å². The van der Waals surface area contributed by atoms with Gasteiger partial charge in [-0.05, 0) is 38.6 Å². The quantitative estimate of drug-likeness (QED) is 0.676. The van der Waals surface area contributed by atoms with Crippen LogP contribution in [0.25, 0.3) is 0 Å². The number of aliphatic carboxylic acids is 1. The summed E-state index contributed by atoms with van der Waals surface area (Å²) in [5, 5.41) is 12.1. The lowest BCUT2D eigenvalue weighted by Gasteiger charge is -2.37. The number of carboxylic acids is 1. The smallest absolute Gasteiger partial charge is 0.317 e. The van der Waals surface area contributed by atoms with Gasteiger partial charge in [-0.3, -0.25) is 9.69 Å². The number of carbonyl (C=O) groups is 2. The number of hydrogen-bond acceptors (Lipinski definition) is 3. The van der Waals surface area contributed by atoms with E-state index in [1.165, 1.54) is 6.42 Å². The van der Waals surface area contributed by atoms with Crippen LogP contribution >= 0.6 is 0 Å². The van der Waals surface area contributed by atoms with Crippen molar-refractivity contribution in [3.8, 4) is 0 Å². The predicted octanol–water partition coefficient (Wildman–Crippen LogP) is 2.78. The molecule has 0 aromatic rings. The van der Waals surface area contributed by atoms with Gasteiger partial charge in [0.05, 0.1) is 6.54 Å². The molecule has 1 aliphatic rings. The third-order valence-electron chi connectivity index (χ3n) is 4.80. The molecule has 0 aromatic heterocycles. The fourth-order valence-electron chi connectivity index (χ4n) is 3.31. The van der Waals surface area contributed by atoms with E-state index in [9.17, 15) is 9.59 Å². The van der Waals surface area contributed by atoms with Crippen molar-refractivity contribution in [2.45, 2.75) is 71.9 Å². The lowest BCUT2D eigenvalue weighted by atomic mass is 10.0. The summed E-state index contributed by atoms with van der Waals surface area (Å²) in [6.07, 6.45) is 5.04. The lowest BCUT2D eigenvalue weighted by Crippen LogP contribution is -2.51. The van der Waals surface area contributed by atoms with E-state index in [1.54, 1.807) is 0 Å². The number of hydrogen-bond donors (Lipinski definition) is 2. The van der Waals surface area contributed by atoms with Crippen LogP contribution in [0.1, 0.15) is 59.8 Å². The Kier molecular flexibility index (Phi) is 9.11. The summed E-state index contributed by atoms with van der Waals surface area (Å²) in [7, 11) is 0. The summed E-state index contributed by atoms with van der Waals surface area (Å²) in [4.78, 5) is 27.1. The monoisotopic (exact) mass is 341 g/mol. The van der Waals surface area contributed by atoms with Crippen LogP contribution in [0.5, 0.6) is 0 Å². The summed E-state index contributed by atoms with van der Waals surface area (Å²) in [6.45, 7) is 10.7. The maximum absolute atomic E-state index is 12.3. The Hall–Kier alpha value is -1.30. The highest BCUT2D eigenvalue weighted by Crippen LogP contribution is 2.17.